The molecule has 12 heteroatoms. The van der Waals surface area contributed by atoms with E-state index in [0.717, 1.165) is 23.9 Å². The van der Waals surface area contributed by atoms with Crippen LogP contribution in [0.1, 0.15) is 22.8 Å². The number of pyridine rings is 1. The predicted octanol–water partition coefficient (Wildman–Crippen LogP) is 2.68. The Morgan fingerprint density at radius 1 is 1.33 bits per heavy atom. The number of carbonyl (C=O) groups is 1. The predicted molar refractivity (Wildman–Crippen MR) is 93.2 cm³/mol. The van der Waals surface area contributed by atoms with Crippen LogP contribution < -0.4 is 5.73 Å². The van der Waals surface area contributed by atoms with Crippen molar-refractivity contribution in [3.63, 3.8) is 0 Å². The van der Waals surface area contributed by atoms with Crippen LogP contribution in [0.5, 0.6) is 0 Å². The smallest absolute Gasteiger partial charge is 0.341 e. The summed E-state index contributed by atoms with van der Waals surface area (Å²) in [7, 11) is 0. The lowest BCUT2D eigenvalue weighted by atomic mass is 10.2. The van der Waals surface area contributed by atoms with Crippen molar-refractivity contribution in [2.75, 3.05) is 12.3 Å². The van der Waals surface area contributed by atoms with Crippen molar-refractivity contribution in [3.05, 3.63) is 55.6 Å². The van der Waals surface area contributed by atoms with Gasteiger partial charge in [0.1, 0.15) is 22.5 Å². The maximum absolute atomic E-state index is 11.8. The lowest BCUT2D eigenvalue weighted by molar-refractivity contribution is -0.396. The molecule has 0 aliphatic rings. The minimum Gasteiger partial charge on any atom is -0.462 e. The Hall–Kier alpha value is -3.72. The van der Waals surface area contributed by atoms with Gasteiger partial charge in [0.25, 0.3) is 11.4 Å². The molecule has 0 bridgehead atoms. The van der Waals surface area contributed by atoms with E-state index in [1.807, 2.05) is 6.07 Å². The summed E-state index contributed by atoms with van der Waals surface area (Å²) in [4.78, 5) is 36.3. The molecule has 1 heterocycles. The molecule has 2 rings (SSSR count). The highest BCUT2D eigenvalue weighted by Crippen LogP contribution is 2.38. The summed E-state index contributed by atoms with van der Waals surface area (Å²) in [6, 6.07) is 6.10. The van der Waals surface area contributed by atoms with Crippen LogP contribution in [-0.4, -0.2) is 27.4 Å². The maximum atomic E-state index is 11.8. The summed E-state index contributed by atoms with van der Waals surface area (Å²) < 4.78 is 4.82. The summed E-state index contributed by atoms with van der Waals surface area (Å²) in [6.07, 6.45) is 0. The number of hydrogen-bond donors (Lipinski definition) is 1. The van der Waals surface area contributed by atoms with Gasteiger partial charge in [0.2, 0.25) is 0 Å². The Kier molecular flexibility index (Phi) is 5.89. The van der Waals surface area contributed by atoms with Gasteiger partial charge in [-0.25, -0.2) is 9.78 Å². The zero-order valence-corrected chi connectivity index (χ0v) is 14.6. The molecular formula is C15H11N5O6S. The number of non-ortho nitro benzene ring substituents is 1. The number of rotatable bonds is 6. The summed E-state index contributed by atoms with van der Waals surface area (Å²) in [5.41, 5.74) is 4.61. The fourth-order valence-corrected chi connectivity index (χ4v) is 2.93. The van der Waals surface area contributed by atoms with E-state index in [0.29, 0.717) is 0 Å². The zero-order chi connectivity index (χ0) is 20.1. The Morgan fingerprint density at radius 3 is 2.59 bits per heavy atom. The Labute approximate surface area is 156 Å². The molecule has 0 saturated heterocycles. The van der Waals surface area contributed by atoms with Gasteiger partial charge >= 0.3 is 5.97 Å². The first-order valence-corrected chi connectivity index (χ1v) is 8.08. The molecule has 27 heavy (non-hydrogen) atoms. The standard InChI is InChI=1S/C15H11N5O6S/c1-2-26-15(21)10-5-8(7-16)14(18-13(10)17)27-12-4-3-9(19(22)23)6-11(12)20(24)25/h3-6H,2H2,1H3,(H2,17,18). The maximum Gasteiger partial charge on any atom is 0.341 e. The van der Waals surface area contributed by atoms with Gasteiger partial charge in [-0.15, -0.1) is 0 Å². The molecule has 1 aromatic heterocycles. The summed E-state index contributed by atoms with van der Waals surface area (Å²) in [5, 5.41) is 31.3. The molecule has 0 unspecified atom stereocenters. The highest BCUT2D eigenvalue weighted by Gasteiger charge is 2.23. The molecule has 0 fully saturated rings. The second-order valence-corrected chi connectivity index (χ2v) is 5.91. The number of nitriles is 1. The van der Waals surface area contributed by atoms with Gasteiger partial charge in [-0.05, 0) is 19.1 Å². The van der Waals surface area contributed by atoms with E-state index < -0.39 is 27.2 Å². The zero-order valence-electron chi connectivity index (χ0n) is 13.7. The first kappa shape index (κ1) is 19.6. The Morgan fingerprint density at radius 2 is 2.04 bits per heavy atom. The fourth-order valence-electron chi connectivity index (χ4n) is 1.99. The first-order chi connectivity index (χ1) is 12.8. The largest absolute Gasteiger partial charge is 0.462 e. The van der Waals surface area contributed by atoms with Gasteiger partial charge in [-0.3, -0.25) is 20.2 Å². The van der Waals surface area contributed by atoms with Crippen molar-refractivity contribution in [2.45, 2.75) is 16.8 Å². The highest BCUT2D eigenvalue weighted by atomic mass is 32.2. The van der Waals surface area contributed by atoms with Crippen LogP contribution in [0.15, 0.2) is 34.2 Å². The van der Waals surface area contributed by atoms with E-state index in [1.54, 1.807) is 6.92 Å². The molecule has 0 radical (unpaired) electrons. The molecule has 0 saturated carbocycles. The van der Waals surface area contributed by atoms with E-state index in [4.69, 9.17) is 10.5 Å². The molecule has 0 spiro atoms. The van der Waals surface area contributed by atoms with Crippen LogP contribution in [0, 0.1) is 31.6 Å². The second-order valence-electron chi connectivity index (χ2n) is 4.87. The first-order valence-electron chi connectivity index (χ1n) is 7.26. The summed E-state index contributed by atoms with van der Waals surface area (Å²) >= 11 is 0.732. The van der Waals surface area contributed by atoms with E-state index >= 15 is 0 Å². The van der Waals surface area contributed by atoms with Crippen LogP contribution in [0.25, 0.3) is 0 Å². The van der Waals surface area contributed by atoms with E-state index in [1.165, 1.54) is 12.1 Å². The number of carbonyl (C=O) groups excluding carboxylic acids is 1. The molecule has 0 atom stereocenters. The molecule has 1 aromatic carbocycles. The lowest BCUT2D eigenvalue weighted by Gasteiger charge is -2.09. The minimum atomic E-state index is -0.780. The molecule has 2 N–H and O–H groups in total. The molecule has 0 aliphatic heterocycles. The number of nitro benzene ring substituents is 2. The number of aromatic nitrogens is 1. The van der Waals surface area contributed by atoms with Gasteiger partial charge < -0.3 is 10.5 Å². The molecule has 0 amide bonds. The van der Waals surface area contributed by atoms with Gasteiger partial charge in [0, 0.05) is 6.07 Å². The topological polar surface area (TPSA) is 175 Å². The van der Waals surface area contributed by atoms with Crippen molar-refractivity contribution >= 4 is 34.9 Å². The lowest BCUT2D eigenvalue weighted by Crippen LogP contribution is -2.10. The Balaban J connectivity index is 2.50. The number of nitrogen functional groups attached to an aromatic ring is 1. The van der Waals surface area contributed by atoms with Gasteiger partial charge in [0.15, 0.2) is 0 Å². The van der Waals surface area contributed by atoms with Crippen molar-refractivity contribution in [1.29, 1.82) is 5.26 Å². The molecule has 138 valence electrons. The summed E-state index contributed by atoms with van der Waals surface area (Å²) in [6.45, 7) is 1.70. The van der Waals surface area contributed by atoms with Crippen molar-refractivity contribution < 1.29 is 19.4 Å². The van der Waals surface area contributed by atoms with Crippen LogP contribution in [0.3, 0.4) is 0 Å². The van der Waals surface area contributed by atoms with Crippen LogP contribution in [-0.2, 0) is 4.74 Å². The van der Waals surface area contributed by atoms with Crippen molar-refractivity contribution in [1.82, 2.24) is 4.98 Å². The molecular weight excluding hydrogens is 378 g/mol. The third-order valence-corrected chi connectivity index (χ3v) is 4.26. The van der Waals surface area contributed by atoms with Crippen LogP contribution in [0.2, 0.25) is 0 Å². The van der Waals surface area contributed by atoms with Gasteiger partial charge in [0.05, 0.1) is 33.0 Å². The van der Waals surface area contributed by atoms with Gasteiger partial charge in [-0.1, -0.05) is 11.8 Å². The fraction of sp³-hybridized carbons (Fsp3) is 0.133. The van der Waals surface area contributed by atoms with Gasteiger partial charge in [-0.2, -0.15) is 5.26 Å². The monoisotopic (exact) mass is 389 g/mol. The van der Waals surface area contributed by atoms with Crippen molar-refractivity contribution in [3.8, 4) is 6.07 Å². The minimum absolute atomic E-state index is 0.0139. The number of anilines is 1. The third kappa shape index (κ3) is 4.28. The number of ether oxygens (including phenoxy) is 1. The Bertz CT molecular complexity index is 987. The van der Waals surface area contributed by atoms with E-state index in [2.05, 4.69) is 4.98 Å². The average Bonchev–Trinajstić information content (AvgIpc) is 2.62. The average molecular weight is 389 g/mol. The SMILES string of the molecule is CCOC(=O)c1cc(C#N)c(Sc2ccc([N+](=O)[O-])cc2[N+](=O)[O-])nc1N. The second kappa shape index (κ2) is 8.11. The third-order valence-electron chi connectivity index (χ3n) is 3.19. The number of nitrogens with two attached hydrogens (primary N) is 1. The van der Waals surface area contributed by atoms with Crippen LogP contribution in [0.4, 0.5) is 17.2 Å². The molecule has 2 aromatic rings. The van der Waals surface area contributed by atoms with E-state index in [-0.39, 0.29) is 33.5 Å². The molecule has 11 nitrogen and oxygen atoms in total. The van der Waals surface area contributed by atoms with Crippen molar-refractivity contribution in [2.24, 2.45) is 0 Å². The summed E-state index contributed by atoms with van der Waals surface area (Å²) in [5.74, 6) is -0.962. The number of hydrogen-bond acceptors (Lipinski definition) is 10. The quantitative estimate of drug-likeness (QED) is 0.439. The van der Waals surface area contributed by atoms with Crippen LogP contribution >= 0.6 is 11.8 Å². The number of benzene rings is 1. The van der Waals surface area contributed by atoms with E-state index in [9.17, 15) is 30.3 Å². The molecule has 0 aliphatic carbocycles. The number of nitro groups is 2. The number of esters is 1. The highest BCUT2D eigenvalue weighted by molar-refractivity contribution is 7.99. The number of nitrogens with zero attached hydrogens (tertiary/aromatic N) is 4. The normalized spacial score (nSPS) is 10.1.